The Morgan fingerprint density at radius 2 is 1.53 bits per heavy atom. The van der Waals surface area contributed by atoms with Crippen LogP contribution in [0.3, 0.4) is 0 Å². The summed E-state index contributed by atoms with van der Waals surface area (Å²) < 4.78 is 14.0. The highest BCUT2D eigenvalue weighted by Crippen LogP contribution is 2.49. The minimum atomic E-state index is -2.48. The molecule has 0 spiro atoms. The first kappa shape index (κ1) is 26.3. The lowest BCUT2D eigenvalue weighted by Gasteiger charge is -2.47. The summed E-state index contributed by atoms with van der Waals surface area (Å²) in [6.07, 6.45) is -0.985. The molecule has 2 aliphatic rings. The summed E-state index contributed by atoms with van der Waals surface area (Å²) in [5.41, 5.74) is 3.57. The molecule has 0 aromatic heterocycles. The third kappa shape index (κ3) is 4.94. The van der Waals surface area contributed by atoms with Crippen molar-refractivity contribution in [3.05, 3.63) is 108 Å². The summed E-state index contributed by atoms with van der Waals surface area (Å²) in [7, 11) is -2.48. The fraction of sp³-hybridized carbons (Fsp3) is 0.355. The second-order valence-corrected chi connectivity index (χ2v) is 16.2. The number of ether oxygens (including phenoxy) is 1. The van der Waals surface area contributed by atoms with Gasteiger partial charge in [-0.25, -0.2) is 0 Å². The van der Waals surface area contributed by atoms with Gasteiger partial charge in [-0.05, 0) is 34.8 Å². The SMILES string of the molecule is CC(C)(C)[Si](C)(C)O[C@]1([C@@H]2CC(c3ccccc3)=NO2)O[C@@H](c2ccccc2)C(=O)N1Cc1ccccc1. The van der Waals surface area contributed by atoms with E-state index in [0.717, 1.165) is 22.4 Å². The highest BCUT2D eigenvalue weighted by molar-refractivity contribution is 6.74. The van der Waals surface area contributed by atoms with E-state index in [1.165, 1.54) is 0 Å². The fourth-order valence-electron chi connectivity index (χ4n) is 4.66. The molecule has 0 aliphatic carbocycles. The van der Waals surface area contributed by atoms with Crippen molar-refractivity contribution in [2.24, 2.45) is 5.16 Å². The summed E-state index contributed by atoms with van der Waals surface area (Å²) in [4.78, 5) is 22.1. The van der Waals surface area contributed by atoms with Gasteiger partial charge in [-0.3, -0.25) is 9.69 Å². The zero-order valence-electron chi connectivity index (χ0n) is 22.8. The van der Waals surface area contributed by atoms with Gasteiger partial charge in [-0.1, -0.05) is 117 Å². The molecule has 38 heavy (non-hydrogen) atoms. The number of rotatable bonds is 7. The van der Waals surface area contributed by atoms with Gasteiger partial charge < -0.3 is 14.0 Å². The number of carbonyl (C=O) groups is 1. The lowest BCUT2D eigenvalue weighted by molar-refractivity contribution is -0.298. The van der Waals surface area contributed by atoms with E-state index in [1.807, 2.05) is 91.0 Å². The first-order valence-corrected chi connectivity index (χ1v) is 16.1. The quantitative estimate of drug-likeness (QED) is 0.322. The van der Waals surface area contributed by atoms with Crippen LogP contribution in [0, 0.1) is 0 Å². The van der Waals surface area contributed by atoms with E-state index in [4.69, 9.17) is 14.0 Å². The molecular formula is C31H36N2O4Si. The van der Waals surface area contributed by atoms with Gasteiger partial charge in [0.2, 0.25) is 6.10 Å². The Balaban J connectivity index is 1.60. The summed E-state index contributed by atoms with van der Waals surface area (Å²) in [5, 5.41) is 4.34. The van der Waals surface area contributed by atoms with Gasteiger partial charge >= 0.3 is 0 Å². The third-order valence-corrected chi connectivity index (χ3v) is 12.2. The van der Waals surface area contributed by atoms with Crippen LogP contribution in [0.5, 0.6) is 0 Å². The minimum absolute atomic E-state index is 0.128. The standard InChI is InChI=1S/C31H36N2O4Si/c1-30(2,3)38(4,5)37-31(27-21-26(32-36-27)24-17-11-7-12-18-24)33(22-23-15-9-6-10-16-23)29(34)28(35-31)25-19-13-8-14-20-25/h6-20,27-28H,21-22H2,1-5H3/t27-,28-,31-/m0/s1. The molecule has 1 amide bonds. The topological polar surface area (TPSA) is 60.4 Å². The Morgan fingerprint density at radius 3 is 2.13 bits per heavy atom. The fourth-order valence-corrected chi connectivity index (χ4v) is 5.99. The molecule has 3 aromatic rings. The summed E-state index contributed by atoms with van der Waals surface area (Å²) in [5.74, 6) is -1.59. The van der Waals surface area contributed by atoms with E-state index < -0.39 is 26.4 Å². The van der Waals surface area contributed by atoms with Crippen LogP contribution in [0.2, 0.25) is 18.1 Å². The molecule has 5 rings (SSSR count). The van der Waals surface area contributed by atoms with Crippen molar-refractivity contribution < 1.29 is 18.8 Å². The molecule has 1 fully saturated rings. The maximum atomic E-state index is 14.2. The van der Waals surface area contributed by atoms with Gasteiger partial charge in [-0.15, -0.1) is 0 Å². The Labute approximate surface area is 226 Å². The highest BCUT2D eigenvalue weighted by Gasteiger charge is 2.64. The van der Waals surface area contributed by atoms with E-state index >= 15 is 0 Å². The Morgan fingerprint density at radius 1 is 0.947 bits per heavy atom. The molecule has 0 radical (unpaired) electrons. The van der Waals surface area contributed by atoms with Crippen LogP contribution < -0.4 is 0 Å². The van der Waals surface area contributed by atoms with Crippen molar-refractivity contribution in [2.75, 3.05) is 0 Å². The van der Waals surface area contributed by atoms with Crippen molar-refractivity contribution in [3.8, 4) is 0 Å². The number of benzene rings is 3. The molecule has 7 heteroatoms. The molecule has 2 heterocycles. The van der Waals surface area contributed by atoms with Crippen molar-refractivity contribution in [3.63, 3.8) is 0 Å². The number of amides is 1. The van der Waals surface area contributed by atoms with Crippen LogP contribution in [0.1, 0.15) is 50.0 Å². The van der Waals surface area contributed by atoms with Crippen LogP contribution in [0.15, 0.2) is 96.2 Å². The Bertz CT molecular complexity index is 1290. The third-order valence-electron chi connectivity index (χ3n) is 7.83. The van der Waals surface area contributed by atoms with E-state index in [2.05, 4.69) is 39.0 Å². The number of oxime groups is 1. The second-order valence-electron chi connectivity index (χ2n) is 11.5. The molecular weight excluding hydrogens is 492 g/mol. The first-order valence-electron chi connectivity index (χ1n) is 13.2. The predicted molar refractivity (Wildman–Crippen MR) is 151 cm³/mol. The molecule has 0 unspecified atom stereocenters. The summed E-state index contributed by atoms with van der Waals surface area (Å²) >= 11 is 0. The van der Waals surface area contributed by atoms with Crippen LogP contribution in [0.4, 0.5) is 0 Å². The zero-order valence-corrected chi connectivity index (χ0v) is 23.8. The smallest absolute Gasteiger partial charge is 0.288 e. The molecule has 0 N–H and O–H groups in total. The average Bonchev–Trinajstić information content (AvgIpc) is 3.50. The lowest BCUT2D eigenvalue weighted by atomic mass is 10.0. The van der Waals surface area contributed by atoms with Crippen LogP contribution in [0.25, 0.3) is 0 Å². The van der Waals surface area contributed by atoms with Crippen molar-refractivity contribution in [1.82, 2.24) is 4.90 Å². The molecule has 0 saturated carbocycles. The largest absolute Gasteiger partial charge is 0.384 e. The Kier molecular flexibility index (Phi) is 7.03. The normalized spacial score (nSPS) is 23.9. The zero-order chi connectivity index (χ0) is 27.0. The molecule has 1 saturated heterocycles. The monoisotopic (exact) mass is 528 g/mol. The first-order chi connectivity index (χ1) is 18.1. The van der Waals surface area contributed by atoms with Gasteiger partial charge in [0.1, 0.15) is 0 Å². The second kappa shape index (κ2) is 10.1. The maximum absolute atomic E-state index is 14.2. The number of nitrogens with zero attached hydrogens (tertiary/aromatic N) is 2. The number of carbonyl (C=O) groups excluding carboxylic acids is 1. The number of hydrogen-bond acceptors (Lipinski definition) is 5. The van der Waals surface area contributed by atoms with Crippen LogP contribution >= 0.6 is 0 Å². The van der Waals surface area contributed by atoms with E-state index in [1.54, 1.807) is 4.90 Å². The molecule has 198 valence electrons. The van der Waals surface area contributed by atoms with Crippen LogP contribution in [-0.4, -0.2) is 36.9 Å². The van der Waals surface area contributed by atoms with Crippen molar-refractivity contribution in [1.29, 1.82) is 0 Å². The molecule has 3 atom stereocenters. The molecule has 6 nitrogen and oxygen atoms in total. The average molecular weight is 529 g/mol. The number of hydrogen-bond donors (Lipinski definition) is 0. The van der Waals surface area contributed by atoms with Crippen LogP contribution in [-0.2, 0) is 25.3 Å². The van der Waals surface area contributed by atoms with E-state index in [0.29, 0.717) is 13.0 Å². The van der Waals surface area contributed by atoms with Gasteiger partial charge in [-0.2, -0.15) is 0 Å². The van der Waals surface area contributed by atoms with E-state index in [9.17, 15) is 4.79 Å². The molecule has 0 bridgehead atoms. The van der Waals surface area contributed by atoms with Gasteiger partial charge in [0.25, 0.3) is 11.8 Å². The maximum Gasteiger partial charge on any atom is 0.288 e. The summed E-state index contributed by atoms with van der Waals surface area (Å²) in [6.45, 7) is 11.2. The van der Waals surface area contributed by atoms with Gasteiger partial charge in [0.15, 0.2) is 14.4 Å². The van der Waals surface area contributed by atoms with Gasteiger partial charge in [0, 0.05) is 6.42 Å². The highest BCUT2D eigenvalue weighted by atomic mass is 28.4. The van der Waals surface area contributed by atoms with Gasteiger partial charge in [0.05, 0.1) is 12.3 Å². The summed E-state index contributed by atoms with van der Waals surface area (Å²) in [6, 6.07) is 29.5. The van der Waals surface area contributed by atoms with E-state index in [-0.39, 0.29) is 10.9 Å². The molecule has 2 aliphatic heterocycles. The lowest BCUT2D eigenvalue weighted by Crippen LogP contribution is -2.62. The van der Waals surface area contributed by atoms with Crippen molar-refractivity contribution in [2.45, 2.75) is 70.0 Å². The predicted octanol–water partition coefficient (Wildman–Crippen LogP) is 6.66. The minimum Gasteiger partial charge on any atom is -0.384 e. The van der Waals surface area contributed by atoms with Crippen molar-refractivity contribution >= 4 is 19.9 Å². The molecule has 3 aromatic carbocycles. The Hall–Kier alpha value is -3.26.